The van der Waals surface area contributed by atoms with E-state index in [9.17, 15) is 14.4 Å². The molecule has 1 aliphatic carbocycles. The number of Topliss-reactive ketones (excluding diaryl/α,β-unsaturated/α-hetero) is 2. The van der Waals surface area contributed by atoms with Gasteiger partial charge in [-0.3, -0.25) is 14.4 Å². The summed E-state index contributed by atoms with van der Waals surface area (Å²) in [6.45, 7) is 3.77. The van der Waals surface area contributed by atoms with E-state index in [0.717, 1.165) is 21.2 Å². The maximum Gasteiger partial charge on any atom is 0.218 e. The molecule has 1 aliphatic rings. The lowest BCUT2D eigenvalue weighted by Crippen LogP contribution is -2.22. The first-order chi connectivity index (χ1) is 9.31. The summed E-state index contributed by atoms with van der Waals surface area (Å²) in [6, 6.07) is 3.79. The van der Waals surface area contributed by atoms with Gasteiger partial charge in [0.2, 0.25) is 5.91 Å². The molecule has 1 fully saturated rings. The Morgan fingerprint density at radius 3 is 2.35 bits per heavy atom. The first-order valence-electron chi connectivity index (χ1n) is 6.42. The lowest BCUT2D eigenvalue weighted by Gasteiger charge is -2.15. The summed E-state index contributed by atoms with van der Waals surface area (Å²) < 4.78 is 0.919. The number of rotatable bonds is 3. The molecule has 0 aromatic heterocycles. The summed E-state index contributed by atoms with van der Waals surface area (Å²) in [5.74, 6) is -2.14. The van der Waals surface area contributed by atoms with Crippen LogP contribution in [0.3, 0.4) is 0 Å². The Kier molecular flexibility index (Phi) is 4.09. The molecule has 106 valence electrons. The van der Waals surface area contributed by atoms with Crippen molar-refractivity contribution in [2.24, 2.45) is 11.7 Å². The molecule has 4 nitrogen and oxygen atoms in total. The van der Waals surface area contributed by atoms with Gasteiger partial charge in [-0.1, -0.05) is 15.9 Å². The van der Waals surface area contributed by atoms with Crippen LogP contribution in [0.25, 0.3) is 0 Å². The Bertz CT molecular complexity index is 586. The summed E-state index contributed by atoms with van der Waals surface area (Å²) >= 11 is 3.40. The Labute approximate surface area is 125 Å². The highest BCUT2D eigenvalue weighted by atomic mass is 79.9. The third kappa shape index (κ3) is 2.68. The van der Waals surface area contributed by atoms with Gasteiger partial charge in [-0.2, -0.15) is 0 Å². The Morgan fingerprint density at radius 1 is 1.30 bits per heavy atom. The van der Waals surface area contributed by atoms with Gasteiger partial charge in [-0.25, -0.2) is 0 Å². The summed E-state index contributed by atoms with van der Waals surface area (Å²) in [7, 11) is 0. The van der Waals surface area contributed by atoms with Gasteiger partial charge in [0.1, 0.15) is 11.7 Å². The lowest BCUT2D eigenvalue weighted by atomic mass is 9.87. The molecule has 2 atom stereocenters. The third-order valence-corrected chi connectivity index (χ3v) is 4.21. The molecule has 2 unspecified atom stereocenters. The van der Waals surface area contributed by atoms with E-state index in [2.05, 4.69) is 15.9 Å². The molecule has 0 saturated heterocycles. The number of aryl methyl sites for hydroxylation is 2. The number of carbonyl (C=O) groups is 3. The number of hydrogen-bond acceptors (Lipinski definition) is 3. The fraction of sp³-hybridized carbons (Fsp3) is 0.400. The molecule has 1 aromatic rings. The number of benzene rings is 1. The molecule has 20 heavy (non-hydrogen) atoms. The molecular weight excluding hydrogens is 322 g/mol. The molecule has 0 radical (unpaired) electrons. The zero-order chi connectivity index (χ0) is 15.0. The topological polar surface area (TPSA) is 77.2 Å². The van der Waals surface area contributed by atoms with Crippen LogP contribution < -0.4 is 5.73 Å². The van der Waals surface area contributed by atoms with E-state index in [1.807, 2.05) is 26.0 Å². The Hall–Kier alpha value is -1.49. The normalized spacial score (nSPS) is 22.4. The van der Waals surface area contributed by atoms with Gasteiger partial charge in [0.25, 0.3) is 0 Å². The molecule has 1 aromatic carbocycles. The first-order valence-corrected chi connectivity index (χ1v) is 7.22. The Morgan fingerprint density at radius 2 is 1.85 bits per heavy atom. The zero-order valence-electron chi connectivity index (χ0n) is 11.4. The van der Waals surface area contributed by atoms with Gasteiger partial charge in [0.05, 0.1) is 0 Å². The minimum atomic E-state index is -0.743. The highest BCUT2D eigenvalue weighted by Crippen LogP contribution is 2.37. The molecule has 0 heterocycles. The van der Waals surface area contributed by atoms with Crippen LogP contribution in [0, 0.1) is 19.8 Å². The van der Waals surface area contributed by atoms with Crippen molar-refractivity contribution in [3.05, 3.63) is 33.3 Å². The van der Waals surface area contributed by atoms with Crippen LogP contribution in [-0.4, -0.2) is 17.5 Å². The summed E-state index contributed by atoms with van der Waals surface area (Å²) in [4.78, 5) is 35.6. The van der Waals surface area contributed by atoms with Crippen molar-refractivity contribution >= 4 is 33.4 Å². The van der Waals surface area contributed by atoms with Crippen LogP contribution >= 0.6 is 15.9 Å². The monoisotopic (exact) mass is 337 g/mol. The van der Waals surface area contributed by atoms with E-state index >= 15 is 0 Å². The van der Waals surface area contributed by atoms with E-state index in [4.69, 9.17) is 5.73 Å². The maximum absolute atomic E-state index is 12.4. The van der Waals surface area contributed by atoms with Crippen LogP contribution in [0.1, 0.15) is 35.4 Å². The van der Waals surface area contributed by atoms with Crippen molar-refractivity contribution < 1.29 is 14.4 Å². The average molecular weight is 338 g/mol. The Balaban J connectivity index is 2.41. The van der Waals surface area contributed by atoms with Gasteiger partial charge in [-0.05, 0) is 42.7 Å². The minimum absolute atomic E-state index is 0.0459. The van der Waals surface area contributed by atoms with E-state index < -0.39 is 17.7 Å². The highest BCUT2D eigenvalue weighted by molar-refractivity contribution is 9.10. The average Bonchev–Trinajstić information content (AvgIpc) is 2.54. The second-order valence-corrected chi connectivity index (χ2v) is 6.24. The maximum atomic E-state index is 12.4. The van der Waals surface area contributed by atoms with Gasteiger partial charge < -0.3 is 5.73 Å². The van der Waals surface area contributed by atoms with Crippen molar-refractivity contribution in [1.82, 2.24) is 0 Å². The standard InChI is InChI=1S/C15H16BrNO3/c1-7-3-10(16)4-8(2)13(7)14-11(18)5-9(15(14)20)6-12(17)19/h3-4,9,14H,5-6H2,1-2H3,(H2,17,19). The smallest absolute Gasteiger partial charge is 0.218 e. The molecule has 1 saturated carbocycles. The van der Waals surface area contributed by atoms with Gasteiger partial charge in [0.15, 0.2) is 5.78 Å². The lowest BCUT2D eigenvalue weighted by molar-refractivity contribution is -0.127. The van der Waals surface area contributed by atoms with Crippen LogP contribution in [0.4, 0.5) is 0 Å². The van der Waals surface area contributed by atoms with Gasteiger partial charge in [-0.15, -0.1) is 0 Å². The van der Waals surface area contributed by atoms with Crippen LogP contribution in [0.2, 0.25) is 0 Å². The predicted octanol–water partition coefficient (Wildman–Crippen LogP) is 2.18. The van der Waals surface area contributed by atoms with Crippen LogP contribution in [0.15, 0.2) is 16.6 Å². The second-order valence-electron chi connectivity index (χ2n) is 5.33. The fourth-order valence-electron chi connectivity index (χ4n) is 2.95. The molecule has 0 aliphatic heterocycles. The van der Waals surface area contributed by atoms with Crippen molar-refractivity contribution in [1.29, 1.82) is 0 Å². The number of ketones is 2. The van der Waals surface area contributed by atoms with Gasteiger partial charge >= 0.3 is 0 Å². The van der Waals surface area contributed by atoms with Crippen LogP contribution in [-0.2, 0) is 14.4 Å². The first kappa shape index (κ1) is 14.9. The molecule has 5 heteroatoms. The number of halogens is 1. The number of amides is 1. The van der Waals surface area contributed by atoms with Crippen LogP contribution in [0.5, 0.6) is 0 Å². The molecule has 1 amide bonds. The van der Waals surface area contributed by atoms with E-state index in [1.165, 1.54) is 0 Å². The zero-order valence-corrected chi connectivity index (χ0v) is 13.0. The molecule has 0 spiro atoms. The second kappa shape index (κ2) is 5.48. The summed E-state index contributed by atoms with van der Waals surface area (Å²) in [6.07, 6.45) is 0.0665. The van der Waals surface area contributed by atoms with E-state index in [1.54, 1.807) is 0 Å². The summed E-state index contributed by atoms with van der Waals surface area (Å²) in [5, 5.41) is 0. The van der Waals surface area contributed by atoms with Crippen molar-refractivity contribution in [2.45, 2.75) is 32.6 Å². The highest BCUT2D eigenvalue weighted by Gasteiger charge is 2.43. The summed E-state index contributed by atoms with van der Waals surface area (Å²) in [5.41, 5.74) is 7.72. The SMILES string of the molecule is Cc1cc(Br)cc(C)c1C1C(=O)CC(CC(N)=O)C1=O. The molecule has 0 bridgehead atoms. The molecule has 2 rings (SSSR count). The molecular formula is C15H16BrNO3. The number of hydrogen-bond donors (Lipinski definition) is 1. The van der Waals surface area contributed by atoms with E-state index in [0.29, 0.717) is 0 Å². The third-order valence-electron chi connectivity index (χ3n) is 3.75. The fourth-order valence-corrected chi connectivity index (χ4v) is 3.64. The van der Waals surface area contributed by atoms with Crippen molar-refractivity contribution in [3.8, 4) is 0 Å². The van der Waals surface area contributed by atoms with Gasteiger partial charge in [0, 0.05) is 23.2 Å². The largest absolute Gasteiger partial charge is 0.370 e. The van der Waals surface area contributed by atoms with E-state index in [-0.39, 0.29) is 24.4 Å². The number of carbonyl (C=O) groups excluding carboxylic acids is 3. The number of primary amides is 1. The quantitative estimate of drug-likeness (QED) is 0.858. The van der Waals surface area contributed by atoms with Crippen molar-refractivity contribution in [3.63, 3.8) is 0 Å². The predicted molar refractivity (Wildman–Crippen MR) is 78.3 cm³/mol. The van der Waals surface area contributed by atoms with Crippen molar-refractivity contribution in [2.75, 3.05) is 0 Å². The number of nitrogens with two attached hydrogens (primary N) is 1. The molecule has 2 N–H and O–H groups in total. The minimum Gasteiger partial charge on any atom is -0.370 e.